The third kappa shape index (κ3) is 4.62. The molecule has 1 saturated heterocycles. The molecule has 2 heterocycles. The molecule has 156 valence electrons. The lowest BCUT2D eigenvalue weighted by Gasteiger charge is -2.29. The number of nitrogens with zero attached hydrogens (tertiary/aromatic N) is 3. The molecule has 1 aliphatic rings. The van der Waals surface area contributed by atoms with Gasteiger partial charge in [-0.3, -0.25) is 4.79 Å². The van der Waals surface area contributed by atoms with E-state index in [0.29, 0.717) is 18.5 Å². The lowest BCUT2D eigenvalue weighted by Crippen LogP contribution is -2.40. The second kappa shape index (κ2) is 8.98. The molecule has 7 nitrogen and oxygen atoms in total. The fraction of sp³-hybridized carbons (Fsp3) is 0.348. The summed E-state index contributed by atoms with van der Waals surface area (Å²) in [7, 11) is 1.64. The average molecular weight is 406 g/mol. The van der Waals surface area contributed by atoms with Crippen LogP contribution in [0.3, 0.4) is 0 Å². The van der Waals surface area contributed by atoms with E-state index in [2.05, 4.69) is 20.4 Å². The van der Waals surface area contributed by atoms with Crippen LogP contribution in [0.4, 0.5) is 6.01 Å². The zero-order valence-electron chi connectivity index (χ0n) is 17.3. The van der Waals surface area contributed by atoms with Crippen LogP contribution < -0.4 is 15.0 Å². The molecule has 1 N–H and O–H groups in total. The molecule has 0 aliphatic carbocycles. The third-order valence-corrected chi connectivity index (χ3v) is 5.47. The van der Waals surface area contributed by atoms with Gasteiger partial charge in [0.2, 0.25) is 11.8 Å². The number of nitrogens with one attached hydrogen (secondary N) is 1. The fourth-order valence-corrected chi connectivity index (χ4v) is 3.57. The van der Waals surface area contributed by atoms with E-state index in [-0.39, 0.29) is 11.8 Å². The van der Waals surface area contributed by atoms with E-state index in [4.69, 9.17) is 9.15 Å². The maximum absolute atomic E-state index is 12.5. The summed E-state index contributed by atoms with van der Waals surface area (Å²) in [4.78, 5) is 14.6. The smallest absolute Gasteiger partial charge is 0.318 e. The van der Waals surface area contributed by atoms with Crippen LogP contribution in [0.2, 0.25) is 0 Å². The van der Waals surface area contributed by atoms with Gasteiger partial charge in [0.1, 0.15) is 5.75 Å². The molecule has 1 aliphatic heterocycles. The molecular weight excluding hydrogens is 380 g/mol. The lowest BCUT2D eigenvalue weighted by molar-refractivity contribution is -0.125. The Morgan fingerprint density at radius 2 is 1.80 bits per heavy atom. The van der Waals surface area contributed by atoms with Crippen LogP contribution in [0.15, 0.2) is 52.9 Å². The number of aromatic nitrogens is 2. The van der Waals surface area contributed by atoms with Crippen LogP contribution in [0.25, 0.3) is 11.5 Å². The Balaban J connectivity index is 1.28. The van der Waals surface area contributed by atoms with Gasteiger partial charge in [0, 0.05) is 31.1 Å². The van der Waals surface area contributed by atoms with Crippen molar-refractivity contribution < 1.29 is 13.9 Å². The second-order valence-corrected chi connectivity index (χ2v) is 7.58. The molecule has 1 amide bonds. The summed E-state index contributed by atoms with van der Waals surface area (Å²) in [5.74, 6) is 1.42. The number of methoxy groups -OCH3 is 1. The monoisotopic (exact) mass is 406 g/mol. The van der Waals surface area contributed by atoms with Gasteiger partial charge in [-0.1, -0.05) is 34.9 Å². The summed E-state index contributed by atoms with van der Waals surface area (Å²) >= 11 is 0. The Labute approximate surface area is 176 Å². The number of ether oxygens (including phenoxy) is 1. The predicted octanol–water partition coefficient (Wildman–Crippen LogP) is 3.59. The molecule has 1 fully saturated rings. The molecular formula is C23H26N4O3. The molecule has 7 heteroatoms. The number of benzene rings is 2. The second-order valence-electron chi connectivity index (χ2n) is 7.58. The first kappa shape index (κ1) is 19.9. The highest BCUT2D eigenvalue weighted by Gasteiger charge is 2.27. The Morgan fingerprint density at radius 1 is 1.10 bits per heavy atom. The number of amides is 1. The van der Waals surface area contributed by atoms with Crippen molar-refractivity contribution in [3.05, 3.63) is 59.7 Å². The zero-order valence-corrected chi connectivity index (χ0v) is 17.3. The summed E-state index contributed by atoms with van der Waals surface area (Å²) in [6.07, 6.45) is 1.52. The molecule has 3 aromatic rings. The standard InChI is InChI=1S/C23H26N4O3/c1-16-3-7-19(8-4-16)22-25-26-23(30-22)27-13-11-18(12-14-27)21(28)24-15-17-5-9-20(29-2)10-6-17/h3-10,18H,11-15H2,1-2H3,(H,24,28). The van der Waals surface area contributed by atoms with Crippen molar-refractivity contribution in [3.63, 3.8) is 0 Å². The summed E-state index contributed by atoms with van der Waals surface area (Å²) in [6.45, 7) is 4.00. The van der Waals surface area contributed by atoms with Crippen LogP contribution in [0, 0.1) is 12.8 Å². The summed E-state index contributed by atoms with van der Waals surface area (Å²) in [5, 5.41) is 11.4. The number of carbonyl (C=O) groups is 1. The van der Waals surface area contributed by atoms with Crippen molar-refractivity contribution in [3.8, 4) is 17.2 Å². The van der Waals surface area contributed by atoms with E-state index in [1.54, 1.807) is 7.11 Å². The van der Waals surface area contributed by atoms with E-state index in [1.165, 1.54) is 5.56 Å². The maximum atomic E-state index is 12.5. The molecule has 0 spiro atoms. The maximum Gasteiger partial charge on any atom is 0.318 e. The van der Waals surface area contributed by atoms with Crippen LogP contribution in [0.5, 0.6) is 5.75 Å². The van der Waals surface area contributed by atoms with Gasteiger partial charge < -0.3 is 19.4 Å². The van der Waals surface area contributed by atoms with Gasteiger partial charge >= 0.3 is 6.01 Å². The first-order chi connectivity index (χ1) is 14.6. The van der Waals surface area contributed by atoms with Crippen molar-refractivity contribution in [2.24, 2.45) is 5.92 Å². The Hall–Kier alpha value is -3.35. The van der Waals surface area contributed by atoms with Gasteiger partial charge in [0.25, 0.3) is 0 Å². The van der Waals surface area contributed by atoms with Gasteiger partial charge in [-0.15, -0.1) is 5.10 Å². The molecule has 0 unspecified atom stereocenters. The zero-order chi connectivity index (χ0) is 20.9. The minimum Gasteiger partial charge on any atom is -0.497 e. The van der Waals surface area contributed by atoms with Crippen molar-refractivity contribution in [1.29, 1.82) is 0 Å². The molecule has 0 radical (unpaired) electrons. The van der Waals surface area contributed by atoms with Crippen molar-refractivity contribution in [2.75, 3.05) is 25.1 Å². The number of hydrogen-bond donors (Lipinski definition) is 1. The van der Waals surface area contributed by atoms with Crippen molar-refractivity contribution >= 4 is 11.9 Å². The van der Waals surface area contributed by atoms with Gasteiger partial charge in [0.05, 0.1) is 7.11 Å². The van der Waals surface area contributed by atoms with E-state index in [0.717, 1.165) is 42.8 Å². The molecule has 4 rings (SSSR count). The minimum absolute atomic E-state index is 0.000936. The minimum atomic E-state index is -0.000936. The van der Waals surface area contributed by atoms with Gasteiger partial charge in [-0.05, 0) is 49.6 Å². The number of anilines is 1. The molecule has 0 saturated carbocycles. The number of hydrogen-bond acceptors (Lipinski definition) is 6. The van der Waals surface area contributed by atoms with Gasteiger partial charge in [-0.25, -0.2) is 0 Å². The normalized spacial score (nSPS) is 14.5. The number of carbonyl (C=O) groups excluding carboxylic acids is 1. The summed E-state index contributed by atoms with van der Waals surface area (Å²) in [6, 6.07) is 16.2. The predicted molar refractivity (Wildman–Crippen MR) is 114 cm³/mol. The molecule has 0 bridgehead atoms. The molecule has 30 heavy (non-hydrogen) atoms. The fourth-order valence-electron chi connectivity index (χ4n) is 3.57. The number of aryl methyl sites for hydroxylation is 1. The SMILES string of the molecule is COc1ccc(CNC(=O)C2CCN(c3nnc(-c4ccc(C)cc4)o3)CC2)cc1. The van der Waals surface area contributed by atoms with E-state index >= 15 is 0 Å². The largest absolute Gasteiger partial charge is 0.497 e. The van der Waals surface area contributed by atoms with Gasteiger partial charge in [0.15, 0.2) is 0 Å². The van der Waals surface area contributed by atoms with E-state index < -0.39 is 0 Å². The topological polar surface area (TPSA) is 80.5 Å². The molecule has 0 atom stereocenters. The Bertz CT molecular complexity index is 974. The van der Waals surface area contributed by atoms with Crippen LogP contribution in [-0.4, -0.2) is 36.3 Å². The van der Waals surface area contributed by atoms with E-state index in [1.807, 2.05) is 55.5 Å². The van der Waals surface area contributed by atoms with Gasteiger partial charge in [-0.2, -0.15) is 0 Å². The lowest BCUT2D eigenvalue weighted by atomic mass is 9.96. The van der Waals surface area contributed by atoms with Crippen LogP contribution >= 0.6 is 0 Å². The molecule has 1 aromatic heterocycles. The number of rotatable bonds is 6. The Morgan fingerprint density at radius 3 is 2.47 bits per heavy atom. The highest BCUT2D eigenvalue weighted by Crippen LogP contribution is 2.26. The highest BCUT2D eigenvalue weighted by molar-refractivity contribution is 5.78. The first-order valence-corrected chi connectivity index (χ1v) is 10.2. The average Bonchev–Trinajstić information content (AvgIpc) is 3.29. The van der Waals surface area contributed by atoms with Crippen LogP contribution in [0.1, 0.15) is 24.0 Å². The third-order valence-electron chi connectivity index (χ3n) is 5.47. The number of piperidine rings is 1. The Kier molecular flexibility index (Phi) is 5.97. The molecule has 2 aromatic carbocycles. The van der Waals surface area contributed by atoms with E-state index in [9.17, 15) is 4.79 Å². The summed E-state index contributed by atoms with van der Waals surface area (Å²) < 4.78 is 11.0. The van der Waals surface area contributed by atoms with Crippen LogP contribution in [-0.2, 0) is 11.3 Å². The summed E-state index contributed by atoms with van der Waals surface area (Å²) in [5.41, 5.74) is 3.15. The van der Waals surface area contributed by atoms with Crippen molar-refractivity contribution in [2.45, 2.75) is 26.3 Å². The van der Waals surface area contributed by atoms with Crippen molar-refractivity contribution in [1.82, 2.24) is 15.5 Å². The highest BCUT2D eigenvalue weighted by atomic mass is 16.5. The first-order valence-electron chi connectivity index (χ1n) is 10.2. The quantitative estimate of drug-likeness (QED) is 0.674.